The van der Waals surface area contributed by atoms with Crippen molar-refractivity contribution in [2.45, 2.75) is 46.3 Å². The molecule has 1 saturated heterocycles. The van der Waals surface area contributed by atoms with E-state index in [1.165, 1.54) is 10.4 Å². The van der Waals surface area contributed by atoms with E-state index in [9.17, 15) is 0 Å². The first-order valence-electron chi connectivity index (χ1n) is 8.57. The van der Waals surface area contributed by atoms with Gasteiger partial charge in [0.1, 0.15) is 0 Å². The van der Waals surface area contributed by atoms with Crippen molar-refractivity contribution in [3.05, 3.63) is 28.5 Å². The first-order chi connectivity index (χ1) is 11.5. The fraction of sp³-hybridized carbons (Fsp3) is 0.647. The van der Waals surface area contributed by atoms with Gasteiger partial charge < -0.3 is 15.0 Å². The zero-order valence-corrected chi connectivity index (χ0v) is 15.8. The number of aryl methyl sites for hydroxylation is 2. The van der Waals surface area contributed by atoms with Gasteiger partial charge in [-0.3, -0.25) is 4.68 Å². The predicted molar refractivity (Wildman–Crippen MR) is 97.9 cm³/mol. The summed E-state index contributed by atoms with van der Waals surface area (Å²) in [5.74, 6) is 0. The lowest BCUT2D eigenvalue weighted by Crippen LogP contribution is -2.36. The Labute approximate surface area is 147 Å². The number of hydrogen-bond donors (Lipinski definition) is 1. The molecule has 0 radical (unpaired) electrons. The van der Waals surface area contributed by atoms with Crippen LogP contribution in [0.5, 0.6) is 0 Å². The van der Waals surface area contributed by atoms with Crippen LogP contribution in [0.1, 0.15) is 36.0 Å². The molecule has 2 unspecified atom stereocenters. The monoisotopic (exact) mass is 349 g/mol. The molecule has 1 N–H and O–H groups in total. The van der Waals surface area contributed by atoms with E-state index in [4.69, 9.17) is 9.72 Å². The highest BCUT2D eigenvalue weighted by molar-refractivity contribution is 7.15. The Hall–Kier alpha value is -1.44. The molecule has 0 aromatic carbocycles. The van der Waals surface area contributed by atoms with Crippen LogP contribution in [0, 0.1) is 13.8 Å². The topological polar surface area (TPSA) is 55.2 Å². The van der Waals surface area contributed by atoms with Gasteiger partial charge in [0.2, 0.25) is 0 Å². The van der Waals surface area contributed by atoms with Gasteiger partial charge in [0.15, 0.2) is 5.13 Å². The van der Waals surface area contributed by atoms with Crippen LogP contribution in [-0.2, 0) is 11.3 Å². The molecular formula is C17H27N5OS. The van der Waals surface area contributed by atoms with E-state index in [2.05, 4.69) is 49.2 Å². The highest BCUT2D eigenvalue weighted by atomic mass is 32.1. The molecule has 2 atom stereocenters. The van der Waals surface area contributed by atoms with Crippen molar-refractivity contribution < 1.29 is 4.74 Å². The predicted octanol–water partition coefficient (Wildman–Crippen LogP) is 2.53. The van der Waals surface area contributed by atoms with Crippen LogP contribution >= 0.6 is 11.3 Å². The van der Waals surface area contributed by atoms with Crippen molar-refractivity contribution in [3.63, 3.8) is 0 Å². The van der Waals surface area contributed by atoms with Gasteiger partial charge in [0.05, 0.1) is 31.1 Å². The van der Waals surface area contributed by atoms with Crippen LogP contribution in [0.4, 0.5) is 5.13 Å². The minimum atomic E-state index is 0.311. The van der Waals surface area contributed by atoms with E-state index >= 15 is 0 Å². The lowest BCUT2D eigenvalue weighted by molar-refractivity contribution is 0.122. The number of aromatic nitrogens is 3. The molecule has 0 spiro atoms. The molecule has 24 heavy (non-hydrogen) atoms. The summed E-state index contributed by atoms with van der Waals surface area (Å²) in [7, 11) is 0. The molecule has 1 aliphatic rings. The highest BCUT2D eigenvalue weighted by Crippen LogP contribution is 2.27. The summed E-state index contributed by atoms with van der Waals surface area (Å²) in [5.41, 5.74) is 2.33. The number of nitrogens with zero attached hydrogens (tertiary/aromatic N) is 4. The second-order valence-electron chi connectivity index (χ2n) is 6.51. The zero-order chi connectivity index (χ0) is 17.1. The summed E-state index contributed by atoms with van der Waals surface area (Å²) < 4.78 is 7.46. The molecule has 1 aliphatic heterocycles. The average molecular weight is 350 g/mol. The van der Waals surface area contributed by atoms with Crippen molar-refractivity contribution in [2.75, 3.05) is 31.2 Å². The van der Waals surface area contributed by atoms with Gasteiger partial charge in [-0.25, -0.2) is 4.98 Å². The molecular weight excluding hydrogens is 322 g/mol. The summed E-state index contributed by atoms with van der Waals surface area (Å²) in [5, 5.41) is 9.17. The molecule has 3 rings (SSSR count). The molecule has 132 valence electrons. The van der Waals surface area contributed by atoms with Gasteiger partial charge in [-0.1, -0.05) is 0 Å². The fourth-order valence-corrected chi connectivity index (χ4v) is 3.84. The average Bonchev–Trinajstić information content (AvgIpc) is 3.19. The number of hydrogen-bond acceptors (Lipinski definition) is 6. The minimum absolute atomic E-state index is 0.311. The molecule has 0 saturated carbocycles. The number of anilines is 1. The van der Waals surface area contributed by atoms with Crippen LogP contribution in [0.25, 0.3) is 0 Å². The van der Waals surface area contributed by atoms with Crippen molar-refractivity contribution in [1.29, 1.82) is 0 Å². The van der Waals surface area contributed by atoms with Crippen molar-refractivity contribution in [3.8, 4) is 0 Å². The molecule has 0 aliphatic carbocycles. The summed E-state index contributed by atoms with van der Waals surface area (Å²) in [6.07, 6.45) is 4.00. The second kappa shape index (κ2) is 7.63. The fourth-order valence-electron chi connectivity index (χ4n) is 2.78. The number of nitrogens with one attached hydrogen (secondary N) is 1. The van der Waals surface area contributed by atoms with Crippen LogP contribution in [0.15, 0.2) is 12.4 Å². The van der Waals surface area contributed by atoms with E-state index in [1.807, 2.05) is 10.9 Å². The van der Waals surface area contributed by atoms with Crippen LogP contribution in [0.3, 0.4) is 0 Å². The maximum atomic E-state index is 5.42. The third kappa shape index (κ3) is 3.96. The van der Waals surface area contributed by atoms with Crippen molar-refractivity contribution in [2.24, 2.45) is 0 Å². The van der Waals surface area contributed by atoms with E-state index in [0.717, 1.165) is 43.7 Å². The van der Waals surface area contributed by atoms with E-state index in [1.54, 1.807) is 11.3 Å². The van der Waals surface area contributed by atoms with E-state index < -0.39 is 0 Å². The van der Waals surface area contributed by atoms with Gasteiger partial charge in [-0.15, -0.1) is 11.3 Å². The van der Waals surface area contributed by atoms with Gasteiger partial charge in [0.25, 0.3) is 0 Å². The molecule has 2 aromatic rings. The minimum Gasteiger partial charge on any atom is -0.378 e. The largest absolute Gasteiger partial charge is 0.378 e. The first kappa shape index (κ1) is 17.4. The maximum absolute atomic E-state index is 5.42. The molecule has 7 heteroatoms. The lowest BCUT2D eigenvalue weighted by Gasteiger charge is -2.26. The SMILES string of the molecule is Cc1cnn(C(C)C(C)NCc2sc(N3CCOCC3)nc2C)c1. The number of morpholine rings is 1. The standard InChI is InChI=1S/C17H27N5OS/c1-12-9-19-22(11-12)15(4)13(2)18-10-16-14(3)20-17(24-16)21-5-7-23-8-6-21/h9,11,13,15,18H,5-8,10H2,1-4H3. The molecule has 3 heterocycles. The molecule has 0 bridgehead atoms. The van der Waals surface area contributed by atoms with E-state index in [-0.39, 0.29) is 0 Å². The summed E-state index contributed by atoms with van der Waals surface area (Å²) in [4.78, 5) is 8.38. The number of rotatable bonds is 6. The Morgan fingerprint density at radius 2 is 2.04 bits per heavy atom. The Bertz CT molecular complexity index is 662. The van der Waals surface area contributed by atoms with Gasteiger partial charge >= 0.3 is 0 Å². The smallest absolute Gasteiger partial charge is 0.185 e. The highest BCUT2D eigenvalue weighted by Gasteiger charge is 2.19. The van der Waals surface area contributed by atoms with Crippen LogP contribution in [-0.4, -0.2) is 47.1 Å². The molecule has 0 amide bonds. The first-order valence-corrected chi connectivity index (χ1v) is 9.39. The Balaban J connectivity index is 1.58. The second-order valence-corrected chi connectivity index (χ2v) is 7.57. The summed E-state index contributed by atoms with van der Waals surface area (Å²) >= 11 is 1.79. The quantitative estimate of drug-likeness (QED) is 0.868. The van der Waals surface area contributed by atoms with Crippen LogP contribution in [0.2, 0.25) is 0 Å². The normalized spacial score (nSPS) is 17.9. The number of thiazole rings is 1. The Kier molecular flexibility index (Phi) is 5.53. The molecule has 2 aromatic heterocycles. The lowest BCUT2D eigenvalue weighted by atomic mass is 10.1. The summed E-state index contributed by atoms with van der Waals surface area (Å²) in [6.45, 7) is 12.9. The van der Waals surface area contributed by atoms with Crippen molar-refractivity contribution >= 4 is 16.5 Å². The third-order valence-corrected chi connectivity index (χ3v) is 5.84. The molecule has 6 nitrogen and oxygen atoms in total. The van der Waals surface area contributed by atoms with Crippen LogP contribution < -0.4 is 10.2 Å². The maximum Gasteiger partial charge on any atom is 0.185 e. The van der Waals surface area contributed by atoms with Gasteiger partial charge in [-0.2, -0.15) is 5.10 Å². The zero-order valence-electron chi connectivity index (χ0n) is 15.0. The Morgan fingerprint density at radius 3 is 2.71 bits per heavy atom. The third-order valence-electron chi connectivity index (χ3n) is 4.62. The van der Waals surface area contributed by atoms with Crippen molar-refractivity contribution in [1.82, 2.24) is 20.1 Å². The van der Waals surface area contributed by atoms with Gasteiger partial charge in [0, 0.05) is 36.8 Å². The van der Waals surface area contributed by atoms with E-state index in [0.29, 0.717) is 12.1 Å². The van der Waals surface area contributed by atoms with Gasteiger partial charge in [-0.05, 0) is 33.3 Å². The number of ether oxygens (including phenoxy) is 1. The Morgan fingerprint density at radius 1 is 1.29 bits per heavy atom. The summed E-state index contributed by atoms with van der Waals surface area (Å²) in [6, 6.07) is 0.642. The molecule has 1 fully saturated rings.